The predicted octanol–water partition coefficient (Wildman–Crippen LogP) is 3.59. The molecule has 0 saturated heterocycles. The first-order valence-electron chi connectivity index (χ1n) is 9.30. The van der Waals surface area contributed by atoms with Gasteiger partial charge in [0.15, 0.2) is 0 Å². The van der Waals surface area contributed by atoms with Crippen molar-refractivity contribution in [2.45, 2.75) is 77.2 Å². The van der Waals surface area contributed by atoms with Gasteiger partial charge in [-0.1, -0.05) is 31.9 Å². The summed E-state index contributed by atoms with van der Waals surface area (Å²) in [5, 5.41) is 12.0. The van der Waals surface area contributed by atoms with E-state index in [2.05, 4.69) is 24.4 Å². The van der Waals surface area contributed by atoms with Gasteiger partial charge in [0, 0.05) is 13.0 Å². The Balaban J connectivity index is 3.53. The van der Waals surface area contributed by atoms with Gasteiger partial charge in [-0.25, -0.2) is 0 Å². The summed E-state index contributed by atoms with van der Waals surface area (Å²) in [6.45, 7) is 2.83. The van der Waals surface area contributed by atoms with Crippen LogP contribution in [0.1, 0.15) is 71.1 Å². The molecule has 24 heavy (non-hydrogen) atoms. The second kappa shape index (κ2) is 15.2. The van der Waals surface area contributed by atoms with E-state index in [4.69, 9.17) is 5.11 Å². The monoisotopic (exact) mass is 340 g/mol. The molecule has 0 bridgehead atoms. The average molecular weight is 341 g/mol. The van der Waals surface area contributed by atoms with Crippen LogP contribution in [0.4, 0.5) is 0 Å². The zero-order valence-electron chi connectivity index (χ0n) is 15.7. The predicted molar refractivity (Wildman–Crippen MR) is 99.1 cm³/mol. The summed E-state index contributed by atoms with van der Waals surface area (Å²) in [7, 11) is 3.55. The molecule has 0 aromatic rings. The lowest BCUT2D eigenvalue weighted by molar-refractivity contribution is -0.142. The minimum absolute atomic E-state index is 0.104. The lowest BCUT2D eigenvalue weighted by Gasteiger charge is -2.19. The van der Waals surface area contributed by atoms with Gasteiger partial charge in [0.25, 0.3) is 0 Å². The standard InChI is InChI=1S/C19H36N2O3/c1-4-5-6-7-8-9-10-11-15-18(22)20-16-13-12-14-17(19(23)24)21(2)3/h7-8,17H,4-6,9-16H2,1-3H3,(H,20,22)(H,23,24)/b8-7+/t17-/m0/s1. The molecule has 0 aromatic carbocycles. The largest absolute Gasteiger partial charge is 0.480 e. The highest BCUT2D eigenvalue weighted by atomic mass is 16.4. The molecule has 140 valence electrons. The van der Waals surface area contributed by atoms with Gasteiger partial charge in [-0.15, -0.1) is 0 Å². The van der Waals surface area contributed by atoms with Crippen LogP contribution in [0.3, 0.4) is 0 Å². The van der Waals surface area contributed by atoms with Crippen molar-refractivity contribution in [3.8, 4) is 0 Å². The Morgan fingerprint density at radius 3 is 2.29 bits per heavy atom. The van der Waals surface area contributed by atoms with E-state index in [1.807, 2.05) is 0 Å². The molecule has 0 rings (SSSR count). The first-order valence-corrected chi connectivity index (χ1v) is 9.30. The maximum atomic E-state index is 11.7. The van der Waals surface area contributed by atoms with E-state index in [-0.39, 0.29) is 5.91 Å². The van der Waals surface area contributed by atoms with Crippen LogP contribution >= 0.6 is 0 Å². The minimum atomic E-state index is -0.784. The third-order valence-electron chi connectivity index (χ3n) is 4.05. The van der Waals surface area contributed by atoms with Gasteiger partial charge in [0.2, 0.25) is 5.91 Å². The number of nitrogens with one attached hydrogen (secondary N) is 1. The maximum absolute atomic E-state index is 11.7. The quantitative estimate of drug-likeness (QED) is 0.353. The number of rotatable bonds is 15. The number of hydrogen-bond donors (Lipinski definition) is 2. The van der Waals surface area contributed by atoms with Crippen molar-refractivity contribution in [3.63, 3.8) is 0 Å². The SMILES string of the molecule is CCCC/C=C/CCCCC(=O)NCCCC[C@@H](C(=O)O)N(C)C. The van der Waals surface area contributed by atoms with Crippen LogP contribution in [0.25, 0.3) is 0 Å². The van der Waals surface area contributed by atoms with Gasteiger partial charge in [-0.2, -0.15) is 0 Å². The van der Waals surface area contributed by atoms with E-state index in [0.29, 0.717) is 19.4 Å². The minimum Gasteiger partial charge on any atom is -0.480 e. The van der Waals surface area contributed by atoms with Crippen LogP contribution in [0, 0.1) is 0 Å². The number of carbonyl (C=O) groups excluding carboxylic acids is 1. The molecule has 0 saturated carbocycles. The van der Waals surface area contributed by atoms with Crippen LogP contribution in [-0.4, -0.2) is 48.6 Å². The fourth-order valence-corrected chi connectivity index (χ4v) is 2.49. The molecule has 0 aromatic heterocycles. The molecule has 0 aliphatic rings. The molecule has 5 heteroatoms. The van der Waals surface area contributed by atoms with Gasteiger partial charge in [0.1, 0.15) is 6.04 Å². The summed E-state index contributed by atoms with van der Waals surface area (Å²) >= 11 is 0. The number of carboxylic acids is 1. The van der Waals surface area contributed by atoms with E-state index in [0.717, 1.165) is 38.5 Å². The summed E-state index contributed by atoms with van der Waals surface area (Å²) in [5.41, 5.74) is 0. The summed E-state index contributed by atoms with van der Waals surface area (Å²) in [5.74, 6) is -0.680. The van der Waals surface area contributed by atoms with Crippen molar-refractivity contribution in [1.82, 2.24) is 10.2 Å². The van der Waals surface area contributed by atoms with Crippen molar-refractivity contribution in [2.24, 2.45) is 0 Å². The second-order valence-corrected chi connectivity index (χ2v) is 6.52. The molecular formula is C19H36N2O3. The lowest BCUT2D eigenvalue weighted by atomic mass is 10.1. The first-order chi connectivity index (χ1) is 11.5. The van der Waals surface area contributed by atoms with Gasteiger partial charge in [-0.3, -0.25) is 14.5 Å². The first kappa shape index (κ1) is 22.6. The van der Waals surface area contributed by atoms with Crippen LogP contribution in [0.5, 0.6) is 0 Å². The fraction of sp³-hybridized carbons (Fsp3) is 0.789. The van der Waals surface area contributed by atoms with Crippen LogP contribution in [-0.2, 0) is 9.59 Å². The Morgan fingerprint density at radius 2 is 1.71 bits per heavy atom. The fourth-order valence-electron chi connectivity index (χ4n) is 2.49. The van der Waals surface area contributed by atoms with Crippen LogP contribution in [0.15, 0.2) is 12.2 Å². The van der Waals surface area contributed by atoms with Crippen LogP contribution < -0.4 is 5.32 Å². The van der Waals surface area contributed by atoms with Gasteiger partial charge >= 0.3 is 5.97 Å². The Hall–Kier alpha value is -1.36. The Labute approximate surface area is 147 Å². The normalized spacial score (nSPS) is 12.7. The lowest BCUT2D eigenvalue weighted by Crippen LogP contribution is -2.35. The zero-order chi connectivity index (χ0) is 18.2. The summed E-state index contributed by atoms with van der Waals surface area (Å²) in [6.07, 6.45) is 14.0. The molecule has 1 amide bonds. The molecule has 0 heterocycles. The Kier molecular flexibility index (Phi) is 14.3. The van der Waals surface area contributed by atoms with E-state index in [1.54, 1.807) is 19.0 Å². The van der Waals surface area contributed by atoms with Crippen molar-refractivity contribution in [2.75, 3.05) is 20.6 Å². The van der Waals surface area contributed by atoms with Crippen molar-refractivity contribution >= 4 is 11.9 Å². The molecule has 0 aliphatic heterocycles. The number of likely N-dealkylation sites (N-methyl/N-ethyl adjacent to an activating group) is 1. The van der Waals surface area contributed by atoms with Gasteiger partial charge in [0.05, 0.1) is 0 Å². The van der Waals surface area contributed by atoms with E-state index in [9.17, 15) is 9.59 Å². The molecule has 0 spiro atoms. The van der Waals surface area contributed by atoms with E-state index in [1.165, 1.54) is 12.8 Å². The van der Waals surface area contributed by atoms with E-state index >= 15 is 0 Å². The topological polar surface area (TPSA) is 69.6 Å². The van der Waals surface area contributed by atoms with Crippen molar-refractivity contribution in [1.29, 1.82) is 0 Å². The third-order valence-corrected chi connectivity index (χ3v) is 4.05. The summed E-state index contributed by atoms with van der Waals surface area (Å²) < 4.78 is 0. The molecule has 5 nitrogen and oxygen atoms in total. The number of nitrogens with zero attached hydrogens (tertiary/aromatic N) is 1. The van der Waals surface area contributed by atoms with Gasteiger partial charge in [-0.05, 0) is 59.0 Å². The number of carbonyl (C=O) groups is 2. The zero-order valence-corrected chi connectivity index (χ0v) is 15.7. The summed E-state index contributed by atoms with van der Waals surface area (Å²) in [4.78, 5) is 24.5. The Bertz CT molecular complexity index is 368. The highest BCUT2D eigenvalue weighted by Crippen LogP contribution is 2.06. The average Bonchev–Trinajstić information content (AvgIpc) is 2.52. The molecule has 2 N–H and O–H groups in total. The molecule has 0 radical (unpaired) electrons. The number of unbranched alkanes of at least 4 members (excludes halogenated alkanes) is 5. The summed E-state index contributed by atoms with van der Waals surface area (Å²) in [6, 6.07) is -0.439. The highest BCUT2D eigenvalue weighted by Gasteiger charge is 2.18. The maximum Gasteiger partial charge on any atom is 0.320 e. The molecule has 0 unspecified atom stereocenters. The number of hydrogen-bond acceptors (Lipinski definition) is 3. The molecule has 0 fully saturated rings. The van der Waals surface area contributed by atoms with E-state index < -0.39 is 12.0 Å². The molecule has 0 aliphatic carbocycles. The number of allylic oxidation sites excluding steroid dienone is 2. The smallest absolute Gasteiger partial charge is 0.320 e. The number of aliphatic carboxylic acids is 1. The third kappa shape index (κ3) is 13.1. The molecular weight excluding hydrogens is 304 g/mol. The number of carboxylic acid groups (broad SMARTS) is 1. The second-order valence-electron chi connectivity index (χ2n) is 6.52. The number of amides is 1. The van der Waals surface area contributed by atoms with Crippen LogP contribution in [0.2, 0.25) is 0 Å². The van der Waals surface area contributed by atoms with Gasteiger partial charge < -0.3 is 10.4 Å². The molecule has 1 atom stereocenters. The highest BCUT2D eigenvalue weighted by molar-refractivity contribution is 5.75. The Morgan fingerprint density at radius 1 is 1.04 bits per heavy atom. The van der Waals surface area contributed by atoms with Crippen molar-refractivity contribution in [3.05, 3.63) is 12.2 Å². The van der Waals surface area contributed by atoms with Crippen molar-refractivity contribution < 1.29 is 14.7 Å².